The molecule has 1 aromatic carbocycles. The van der Waals surface area contributed by atoms with Gasteiger partial charge in [-0.25, -0.2) is 9.59 Å². The summed E-state index contributed by atoms with van der Waals surface area (Å²) in [6.45, 7) is 8.46. The summed E-state index contributed by atoms with van der Waals surface area (Å²) < 4.78 is 10.3. The molecular formula is C19H24N4O5S. The van der Waals surface area contributed by atoms with Gasteiger partial charge >= 0.3 is 12.0 Å². The van der Waals surface area contributed by atoms with Crippen LogP contribution in [0.2, 0.25) is 0 Å². The maximum absolute atomic E-state index is 12.5. The van der Waals surface area contributed by atoms with Crippen molar-refractivity contribution < 1.29 is 23.6 Å². The smallest absolute Gasteiger partial charge is 0.340 e. The molecule has 0 aliphatic carbocycles. The lowest BCUT2D eigenvalue weighted by Crippen LogP contribution is -2.50. The maximum Gasteiger partial charge on any atom is 0.340 e. The predicted octanol–water partition coefficient (Wildman–Crippen LogP) is 2.84. The Labute approximate surface area is 173 Å². The third-order valence-electron chi connectivity index (χ3n) is 3.41. The molecular weight excluding hydrogens is 396 g/mol. The minimum Gasteiger partial charge on any atom is -0.449 e. The quantitative estimate of drug-likeness (QED) is 0.540. The molecule has 2 N–H and O–H groups in total. The van der Waals surface area contributed by atoms with Crippen molar-refractivity contribution in [2.45, 2.75) is 56.9 Å². The van der Waals surface area contributed by atoms with Gasteiger partial charge in [0.1, 0.15) is 0 Å². The van der Waals surface area contributed by atoms with Gasteiger partial charge in [0, 0.05) is 10.4 Å². The third kappa shape index (κ3) is 7.22. The number of hydrogen-bond donors (Lipinski definition) is 2. The van der Waals surface area contributed by atoms with E-state index in [4.69, 9.17) is 9.26 Å². The molecule has 0 fully saturated rings. The molecule has 2 rings (SSSR count). The number of aryl methyl sites for hydroxylation is 1. The number of aromatic nitrogens is 2. The van der Waals surface area contributed by atoms with Gasteiger partial charge in [-0.05, 0) is 46.8 Å². The summed E-state index contributed by atoms with van der Waals surface area (Å²) in [6.07, 6.45) is -1.15. The topological polar surface area (TPSA) is 123 Å². The Morgan fingerprint density at radius 2 is 1.93 bits per heavy atom. The van der Waals surface area contributed by atoms with Crippen molar-refractivity contribution >= 4 is 29.7 Å². The molecule has 1 aromatic heterocycles. The Bertz CT molecular complexity index is 891. The zero-order valence-corrected chi connectivity index (χ0v) is 17.8. The first-order chi connectivity index (χ1) is 13.5. The second-order valence-corrected chi connectivity index (χ2v) is 8.28. The van der Waals surface area contributed by atoms with Crippen molar-refractivity contribution in [2.75, 3.05) is 0 Å². The van der Waals surface area contributed by atoms with Crippen LogP contribution in [0.5, 0.6) is 0 Å². The highest BCUT2D eigenvalue weighted by Gasteiger charge is 2.24. The lowest BCUT2D eigenvalue weighted by molar-refractivity contribution is -0.127. The van der Waals surface area contributed by atoms with Crippen LogP contribution in [0.25, 0.3) is 0 Å². The van der Waals surface area contributed by atoms with Crippen LogP contribution in [0.4, 0.5) is 4.79 Å². The Kier molecular flexibility index (Phi) is 7.38. The second-order valence-electron chi connectivity index (χ2n) is 7.26. The summed E-state index contributed by atoms with van der Waals surface area (Å²) in [7, 11) is 0. The molecule has 1 atom stereocenters. The number of amides is 3. The van der Waals surface area contributed by atoms with Gasteiger partial charge in [0.05, 0.1) is 11.3 Å². The summed E-state index contributed by atoms with van der Waals surface area (Å²) >= 11 is 1.33. The van der Waals surface area contributed by atoms with Gasteiger partial charge in [-0.2, -0.15) is 4.98 Å². The van der Waals surface area contributed by atoms with E-state index in [1.54, 1.807) is 52.0 Å². The monoisotopic (exact) mass is 420 g/mol. The molecule has 0 radical (unpaired) electrons. The molecule has 29 heavy (non-hydrogen) atoms. The van der Waals surface area contributed by atoms with Crippen molar-refractivity contribution in [3.8, 4) is 0 Å². The Hall–Kier alpha value is -2.88. The van der Waals surface area contributed by atoms with Gasteiger partial charge in [-0.1, -0.05) is 17.3 Å². The van der Waals surface area contributed by atoms with Gasteiger partial charge in [0.15, 0.2) is 11.9 Å². The SMILES string of the molecule is Cc1noc(CSc2ccccc2C(=O)OC(C)C(=O)NC(=O)NC(C)(C)C)n1. The molecule has 0 aliphatic heterocycles. The van der Waals surface area contributed by atoms with E-state index < -0.39 is 29.6 Å². The third-order valence-corrected chi connectivity index (χ3v) is 4.46. The summed E-state index contributed by atoms with van der Waals surface area (Å²) in [5, 5.41) is 8.48. The van der Waals surface area contributed by atoms with Gasteiger partial charge in [-0.15, -0.1) is 11.8 Å². The molecule has 2 aromatic rings. The molecule has 3 amide bonds. The number of carbonyl (C=O) groups excluding carboxylic acids is 3. The highest BCUT2D eigenvalue weighted by molar-refractivity contribution is 7.98. The van der Waals surface area contributed by atoms with Crippen LogP contribution in [-0.2, 0) is 15.3 Å². The number of hydrogen-bond acceptors (Lipinski definition) is 8. The average molecular weight is 420 g/mol. The lowest BCUT2D eigenvalue weighted by Gasteiger charge is -2.21. The first-order valence-corrected chi connectivity index (χ1v) is 9.89. The molecule has 1 heterocycles. The van der Waals surface area contributed by atoms with E-state index in [9.17, 15) is 14.4 Å². The molecule has 9 nitrogen and oxygen atoms in total. The van der Waals surface area contributed by atoms with Crippen LogP contribution in [-0.4, -0.2) is 39.7 Å². The van der Waals surface area contributed by atoms with E-state index in [-0.39, 0.29) is 0 Å². The highest BCUT2D eigenvalue weighted by atomic mass is 32.2. The largest absolute Gasteiger partial charge is 0.449 e. The molecule has 0 bridgehead atoms. The van der Waals surface area contributed by atoms with E-state index in [0.29, 0.717) is 27.9 Å². The normalized spacial score (nSPS) is 12.2. The van der Waals surface area contributed by atoms with Crippen molar-refractivity contribution in [1.82, 2.24) is 20.8 Å². The number of rotatable bonds is 6. The van der Waals surface area contributed by atoms with Crippen LogP contribution in [0.15, 0.2) is 33.7 Å². The van der Waals surface area contributed by atoms with E-state index in [1.807, 2.05) is 0 Å². The fourth-order valence-corrected chi connectivity index (χ4v) is 3.04. The summed E-state index contributed by atoms with van der Waals surface area (Å²) in [6, 6.07) is 6.17. The van der Waals surface area contributed by atoms with Crippen LogP contribution in [0, 0.1) is 6.92 Å². The summed E-state index contributed by atoms with van der Waals surface area (Å²) in [5.41, 5.74) is -0.204. The zero-order valence-electron chi connectivity index (χ0n) is 16.9. The number of urea groups is 1. The molecule has 1 unspecified atom stereocenters. The summed E-state index contributed by atoms with van der Waals surface area (Å²) in [5.74, 6) is -0.0362. The maximum atomic E-state index is 12.5. The number of benzene rings is 1. The van der Waals surface area contributed by atoms with Crippen LogP contribution < -0.4 is 10.6 Å². The number of imide groups is 1. The molecule has 0 saturated heterocycles. The fraction of sp³-hybridized carbons (Fsp3) is 0.421. The van der Waals surface area contributed by atoms with Crippen LogP contribution >= 0.6 is 11.8 Å². The van der Waals surface area contributed by atoms with Crippen LogP contribution in [0.3, 0.4) is 0 Å². The number of carbonyl (C=O) groups is 3. The average Bonchev–Trinajstić information content (AvgIpc) is 3.03. The van der Waals surface area contributed by atoms with Crippen molar-refractivity contribution in [1.29, 1.82) is 0 Å². The Morgan fingerprint density at radius 1 is 1.24 bits per heavy atom. The molecule has 0 spiro atoms. The first kappa shape index (κ1) is 22.4. The first-order valence-electron chi connectivity index (χ1n) is 8.90. The van der Waals surface area contributed by atoms with Gasteiger partial charge in [0.25, 0.3) is 5.91 Å². The standard InChI is InChI=1S/C19H24N4O5S/c1-11(16(24)21-18(26)22-19(3,4)5)27-17(25)13-8-6-7-9-14(13)29-10-15-20-12(2)23-28-15/h6-9,11H,10H2,1-5H3,(H2,21,22,24,26). The molecule has 0 aliphatic rings. The van der Waals surface area contributed by atoms with Crippen molar-refractivity contribution in [3.05, 3.63) is 41.5 Å². The van der Waals surface area contributed by atoms with E-state index in [1.165, 1.54) is 18.7 Å². The minimum absolute atomic E-state index is 0.299. The number of thioether (sulfide) groups is 1. The molecule has 10 heteroatoms. The van der Waals surface area contributed by atoms with E-state index in [0.717, 1.165) is 0 Å². The number of ether oxygens (including phenoxy) is 1. The predicted molar refractivity (Wildman–Crippen MR) is 106 cm³/mol. The number of nitrogens with one attached hydrogen (secondary N) is 2. The second kappa shape index (κ2) is 9.55. The number of esters is 1. The lowest BCUT2D eigenvalue weighted by atomic mass is 10.1. The number of nitrogens with zero attached hydrogens (tertiary/aromatic N) is 2. The Balaban J connectivity index is 1.97. The van der Waals surface area contributed by atoms with Crippen molar-refractivity contribution in [2.24, 2.45) is 0 Å². The minimum atomic E-state index is -1.15. The van der Waals surface area contributed by atoms with Gasteiger partial charge in [0.2, 0.25) is 5.89 Å². The van der Waals surface area contributed by atoms with Crippen LogP contribution in [0.1, 0.15) is 49.8 Å². The highest BCUT2D eigenvalue weighted by Crippen LogP contribution is 2.26. The molecule has 0 saturated carbocycles. The molecule has 156 valence electrons. The van der Waals surface area contributed by atoms with Gasteiger partial charge < -0.3 is 14.6 Å². The fourth-order valence-electron chi connectivity index (χ4n) is 2.16. The zero-order chi connectivity index (χ0) is 21.6. The Morgan fingerprint density at radius 3 is 2.55 bits per heavy atom. The van der Waals surface area contributed by atoms with Crippen molar-refractivity contribution in [3.63, 3.8) is 0 Å². The van der Waals surface area contributed by atoms with E-state index >= 15 is 0 Å². The van der Waals surface area contributed by atoms with Gasteiger partial charge in [-0.3, -0.25) is 10.1 Å². The van der Waals surface area contributed by atoms with E-state index in [2.05, 4.69) is 20.8 Å². The summed E-state index contributed by atoms with van der Waals surface area (Å²) in [4.78, 5) is 41.2.